The molecule has 0 saturated carbocycles. The van der Waals surface area contributed by atoms with Gasteiger partial charge < -0.3 is 0 Å². The maximum atomic E-state index is 5.55. The Kier molecular flexibility index (Phi) is 16.9. The van der Waals surface area contributed by atoms with Crippen LogP contribution in [-0.2, 0) is 0 Å². The topological polar surface area (TPSA) is 77.3 Å². The van der Waals surface area contributed by atoms with Crippen molar-refractivity contribution in [1.82, 2.24) is 29.9 Å². The van der Waals surface area contributed by atoms with Gasteiger partial charge in [0, 0.05) is 73.7 Å². The van der Waals surface area contributed by atoms with Crippen molar-refractivity contribution in [1.29, 1.82) is 0 Å². The third-order valence-corrected chi connectivity index (χ3v) is 23.2. The minimum atomic E-state index is 0.570. The average Bonchev–Trinajstić information content (AvgIpc) is 1.58. The molecule has 20 aromatic rings. The molecule has 0 unspecified atom stereocenters. The first-order valence-electron chi connectivity index (χ1n) is 37.0. The van der Waals surface area contributed by atoms with Crippen molar-refractivity contribution in [2.75, 3.05) is 0 Å². The molecular formula is C102H64N6S2. The number of hydrogen-bond donors (Lipinski definition) is 0. The number of benzene rings is 16. The van der Waals surface area contributed by atoms with E-state index in [4.69, 9.17) is 29.9 Å². The second kappa shape index (κ2) is 28.4. The number of nitrogens with zero attached hydrogens (tertiary/aromatic N) is 6. The van der Waals surface area contributed by atoms with E-state index in [9.17, 15) is 0 Å². The van der Waals surface area contributed by atoms with Crippen molar-refractivity contribution >= 4 is 63.0 Å². The van der Waals surface area contributed by atoms with Crippen molar-refractivity contribution in [2.45, 2.75) is 0 Å². The largest absolute Gasteiger partial charge is 0.208 e. The molecule has 0 bridgehead atoms. The van der Waals surface area contributed by atoms with E-state index in [0.717, 1.165) is 125 Å². The van der Waals surface area contributed by atoms with Crippen LogP contribution in [0.4, 0.5) is 0 Å². The monoisotopic (exact) mass is 1440 g/mol. The molecule has 6 nitrogen and oxygen atoms in total. The van der Waals surface area contributed by atoms with E-state index in [0.29, 0.717) is 34.9 Å². The fraction of sp³-hybridized carbons (Fsp3) is 0. The fourth-order valence-electron chi connectivity index (χ4n) is 15.6. The van der Waals surface area contributed by atoms with Gasteiger partial charge in [0.05, 0.1) is 0 Å². The molecule has 0 atom stereocenters. The molecule has 20 rings (SSSR count). The van der Waals surface area contributed by atoms with E-state index in [1.807, 2.05) is 54.6 Å². The molecule has 0 fully saturated rings. The zero-order valence-electron chi connectivity index (χ0n) is 59.5. The zero-order valence-corrected chi connectivity index (χ0v) is 61.1. The van der Waals surface area contributed by atoms with Gasteiger partial charge in [-0.3, -0.25) is 0 Å². The fourth-order valence-corrected chi connectivity index (χ4v) is 17.9. The van der Waals surface area contributed by atoms with E-state index in [1.165, 1.54) is 49.2 Å². The zero-order chi connectivity index (χ0) is 72.9. The minimum absolute atomic E-state index is 0.570. The van der Waals surface area contributed by atoms with Crippen LogP contribution in [0.5, 0.6) is 0 Å². The normalized spacial score (nSPS) is 11.5. The molecule has 0 radical (unpaired) electrons. The molecule has 0 aliphatic rings. The maximum absolute atomic E-state index is 5.55. The molecular weight excluding hydrogens is 1370 g/mol. The van der Waals surface area contributed by atoms with E-state index in [1.54, 1.807) is 22.7 Å². The first-order valence-corrected chi connectivity index (χ1v) is 38.6. The average molecular weight is 1440 g/mol. The van der Waals surface area contributed by atoms with E-state index >= 15 is 0 Å². The van der Waals surface area contributed by atoms with Crippen molar-refractivity contribution in [3.05, 3.63) is 388 Å². The Hall–Kier alpha value is -14.0. The molecule has 8 heteroatoms. The lowest BCUT2D eigenvalue weighted by Crippen LogP contribution is -2.01. The third-order valence-electron chi connectivity index (χ3n) is 20.9. The van der Waals surface area contributed by atoms with Crippen molar-refractivity contribution < 1.29 is 0 Å². The molecule has 0 saturated heterocycles. The van der Waals surface area contributed by atoms with E-state index in [-0.39, 0.29) is 0 Å². The summed E-state index contributed by atoms with van der Waals surface area (Å²) in [7, 11) is 0. The highest BCUT2D eigenvalue weighted by Gasteiger charge is 2.25. The SMILES string of the molecule is c1ccc(-c2ccc(-c3ccccc3-c3ccccc3-c3ccc4sc5c(-c6cccc(-c7nc(-c8ccccc8)nc(-c8cccc9sc%10ccc(-c%11ccccc%11-c%11ccccc%11-c%11cccc(-c%12ccccc%12)c%11)cc%10c89)n7)c6)ccc(-c6nc(-c7ccccc7)nc(-c7ccccc7)n6)c5c4c3)cc2)cc1. The van der Waals surface area contributed by atoms with Crippen LogP contribution in [0.15, 0.2) is 388 Å². The molecule has 0 amide bonds. The van der Waals surface area contributed by atoms with Gasteiger partial charge in [0.2, 0.25) is 0 Å². The van der Waals surface area contributed by atoms with Crippen LogP contribution < -0.4 is 0 Å². The number of thiophene rings is 2. The van der Waals surface area contributed by atoms with Crippen LogP contribution in [0, 0.1) is 0 Å². The predicted molar refractivity (Wildman–Crippen MR) is 461 cm³/mol. The molecule has 514 valence electrons. The van der Waals surface area contributed by atoms with Gasteiger partial charge in [0.1, 0.15) is 0 Å². The lowest BCUT2D eigenvalue weighted by molar-refractivity contribution is 1.08. The van der Waals surface area contributed by atoms with Gasteiger partial charge in [-0.15, -0.1) is 22.7 Å². The van der Waals surface area contributed by atoms with Gasteiger partial charge in [0.25, 0.3) is 0 Å². The lowest BCUT2D eigenvalue weighted by atomic mass is 9.88. The first-order chi connectivity index (χ1) is 54.5. The molecule has 16 aromatic carbocycles. The third kappa shape index (κ3) is 12.3. The Morgan fingerprint density at radius 1 is 0.145 bits per heavy atom. The number of hydrogen-bond acceptors (Lipinski definition) is 8. The van der Waals surface area contributed by atoms with Gasteiger partial charge in [0.15, 0.2) is 34.9 Å². The summed E-state index contributed by atoms with van der Waals surface area (Å²) in [5.41, 5.74) is 26.1. The van der Waals surface area contributed by atoms with Crippen molar-refractivity contribution in [2.24, 2.45) is 0 Å². The van der Waals surface area contributed by atoms with Gasteiger partial charge in [-0.25, -0.2) is 29.9 Å². The summed E-state index contributed by atoms with van der Waals surface area (Å²) in [6, 6.07) is 139. The predicted octanol–water partition coefficient (Wildman–Crippen LogP) is 27.8. The van der Waals surface area contributed by atoms with Crippen LogP contribution >= 0.6 is 22.7 Å². The van der Waals surface area contributed by atoms with Gasteiger partial charge >= 0.3 is 0 Å². The number of aromatic nitrogens is 6. The molecule has 0 N–H and O–H groups in total. The molecule has 4 heterocycles. The molecule has 0 aliphatic carbocycles. The quantitative estimate of drug-likeness (QED) is 0.102. The Balaban J connectivity index is 0.725. The highest BCUT2D eigenvalue weighted by molar-refractivity contribution is 7.26. The molecule has 0 aliphatic heterocycles. The van der Waals surface area contributed by atoms with Gasteiger partial charge in [-0.1, -0.05) is 340 Å². The van der Waals surface area contributed by atoms with Gasteiger partial charge in [-0.05, 0) is 149 Å². The highest BCUT2D eigenvalue weighted by atomic mass is 32.1. The summed E-state index contributed by atoms with van der Waals surface area (Å²) in [5, 5.41) is 4.41. The summed E-state index contributed by atoms with van der Waals surface area (Å²) >= 11 is 3.58. The van der Waals surface area contributed by atoms with E-state index in [2.05, 4.69) is 334 Å². The Morgan fingerprint density at radius 2 is 0.436 bits per heavy atom. The standard InChI is InChI=1S/C102H64N6S2/c1-6-27-65(28-7-1)67-51-53-68(54-52-67)78-41-16-20-45-83(78)85-47-22-18-44-81(85)76-56-60-92-90(64-76)95-88(102-106-97(69-31-10-3-11-32-69)103-98(107-102)70-33-12-4-13-34-70)58-57-82(96(95)110-92)74-39-25-40-77(62-74)100-104-99(71-35-14-5-15-36-71)105-101(108-100)87-49-26-50-93-94(87)89-63-75(55-59-91(89)109-93)80-43-19-23-48-86(80)84-46-21-17-42-79(84)73-38-24-37-72(61-73)66-29-8-2-9-30-66/h1-64H. The Labute approximate surface area is 645 Å². The van der Waals surface area contributed by atoms with Crippen LogP contribution in [-0.4, -0.2) is 29.9 Å². The van der Waals surface area contributed by atoms with Crippen molar-refractivity contribution in [3.63, 3.8) is 0 Å². The second-order valence-corrected chi connectivity index (χ2v) is 29.7. The lowest BCUT2D eigenvalue weighted by Gasteiger charge is -2.16. The number of fused-ring (bicyclic) bond motifs is 6. The Morgan fingerprint density at radius 3 is 0.927 bits per heavy atom. The maximum Gasteiger partial charge on any atom is 0.164 e. The van der Waals surface area contributed by atoms with Gasteiger partial charge in [-0.2, -0.15) is 0 Å². The smallest absolute Gasteiger partial charge is 0.164 e. The molecule has 110 heavy (non-hydrogen) atoms. The van der Waals surface area contributed by atoms with Crippen LogP contribution in [0.25, 0.3) is 209 Å². The van der Waals surface area contributed by atoms with Crippen LogP contribution in [0.1, 0.15) is 0 Å². The van der Waals surface area contributed by atoms with Crippen LogP contribution in [0.2, 0.25) is 0 Å². The summed E-state index contributed by atoms with van der Waals surface area (Å²) < 4.78 is 4.57. The first kappa shape index (κ1) is 65.5. The summed E-state index contributed by atoms with van der Waals surface area (Å²) in [6.07, 6.45) is 0. The minimum Gasteiger partial charge on any atom is -0.208 e. The molecule has 0 spiro atoms. The Bertz CT molecular complexity index is 6820. The summed E-state index contributed by atoms with van der Waals surface area (Å²) in [6.45, 7) is 0. The van der Waals surface area contributed by atoms with Crippen LogP contribution in [0.3, 0.4) is 0 Å². The van der Waals surface area contributed by atoms with Crippen molar-refractivity contribution in [3.8, 4) is 168 Å². The highest BCUT2D eigenvalue weighted by Crippen LogP contribution is 2.50. The van der Waals surface area contributed by atoms with E-state index < -0.39 is 0 Å². The molecule has 4 aromatic heterocycles. The number of rotatable bonds is 15. The summed E-state index contributed by atoms with van der Waals surface area (Å²) in [5.74, 6) is 3.54. The summed E-state index contributed by atoms with van der Waals surface area (Å²) in [4.78, 5) is 32.3. The second-order valence-electron chi connectivity index (χ2n) is 27.5.